The summed E-state index contributed by atoms with van der Waals surface area (Å²) < 4.78 is 6.01. The highest BCUT2D eigenvalue weighted by Crippen LogP contribution is 2.52. The van der Waals surface area contributed by atoms with Crippen LogP contribution in [0.5, 0.6) is 5.75 Å². The zero-order chi connectivity index (χ0) is 31.3. The summed E-state index contributed by atoms with van der Waals surface area (Å²) in [5, 5.41) is 29.5. The van der Waals surface area contributed by atoms with Crippen LogP contribution < -0.4 is 36.7 Å². The van der Waals surface area contributed by atoms with E-state index in [1.54, 1.807) is 30.3 Å². The van der Waals surface area contributed by atoms with Crippen molar-refractivity contribution in [1.82, 2.24) is 20.4 Å². The molecule has 4 amide bonds. The van der Waals surface area contributed by atoms with E-state index in [1.165, 1.54) is 9.80 Å². The molecule has 0 bridgehead atoms. The molecule has 0 radical (unpaired) electrons. The maximum absolute atomic E-state index is 13.7. The van der Waals surface area contributed by atoms with E-state index in [-0.39, 0.29) is 37.0 Å². The third kappa shape index (κ3) is 3.67. The minimum Gasteiger partial charge on any atom is -0.492 e. The van der Waals surface area contributed by atoms with E-state index in [0.29, 0.717) is 23.6 Å². The lowest BCUT2D eigenvalue weighted by atomic mass is 9.66. The van der Waals surface area contributed by atoms with Crippen LogP contribution in [0.4, 0.5) is 10.5 Å². The van der Waals surface area contributed by atoms with Gasteiger partial charge in [-0.05, 0) is 31.0 Å². The molecule has 5 heterocycles. The van der Waals surface area contributed by atoms with Gasteiger partial charge in [0.1, 0.15) is 24.4 Å². The highest BCUT2D eigenvalue weighted by atomic mass is 16.5. The van der Waals surface area contributed by atoms with Crippen LogP contribution in [0.1, 0.15) is 35.2 Å². The number of carbonyl (C=O) groups is 3. The number of imide groups is 1. The van der Waals surface area contributed by atoms with E-state index in [9.17, 15) is 24.6 Å². The quantitative estimate of drug-likeness (QED) is 0.132. The van der Waals surface area contributed by atoms with Crippen molar-refractivity contribution in [2.24, 2.45) is 16.5 Å². The zero-order valence-corrected chi connectivity index (χ0v) is 24.3. The molecule has 8 rings (SSSR count). The molecule has 2 aromatic rings. The van der Waals surface area contributed by atoms with Gasteiger partial charge in [0.15, 0.2) is 12.0 Å². The number of nitrogens with one attached hydrogen (secondary N) is 3. The lowest BCUT2D eigenvalue weighted by Gasteiger charge is -2.46. The second-order valence-electron chi connectivity index (χ2n) is 12.7. The Morgan fingerprint density at radius 3 is 2.64 bits per heavy atom. The normalized spacial score (nSPS) is 30.2. The monoisotopic (exact) mass is 616 g/mol. The van der Waals surface area contributed by atoms with Crippen molar-refractivity contribution < 1.29 is 34.3 Å². The fourth-order valence-electron chi connectivity index (χ4n) is 7.87. The molecule has 15 heteroatoms. The Kier molecular flexibility index (Phi) is 5.72. The second kappa shape index (κ2) is 9.31. The molecule has 6 aliphatic rings. The minimum absolute atomic E-state index is 0.0180. The first-order valence-electron chi connectivity index (χ1n) is 15.0. The van der Waals surface area contributed by atoms with E-state index in [1.807, 2.05) is 18.2 Å². The average Bonchev–Trinajstić information content (AvgIpc) is 3.71. The lowest BCUT2D eigenvalue weighted by molar-refractivity contribution is -0.521. The van der Waals surface area contributed by atoms with Gasteiger partial charge in [-0.1, -0.05) is 36.8 Å². The molecule has 15 nitrogen and oxygen atoms in total. The third-order valence-corrected chi connectivity index (χ3v) is 10.3. The number of fused-ring (bicyclic) bond motifs is 2. The van der Waals surface area contributed by atoms with Crippen molar-refractivity contribution in [3.05, 3.63) is 59.7 Å². The van der Waals surface area contributed by atoms with Crippen LogP contribution in [-0.2, 0) is 10.2 Å². The molecule has 2 saturated heterocycles. The Hall–Kier alpha value is -4.89. The van der Waals surface area contributed by atoms with Gasteiger partial charge in [-0.2, -0.15) is 0 Å². The van der Waals surface area contributed by atoms with E-state index in [4.69, 9.17) is 16.2 Å². The smallest absolute Gasteiger partial charge is 0.343 e. The third-order valence-electron chi connectivity index (χ3n) is 10.3. The number of urea groups is 1. The van der Waals surface area contributed by atoms with Gasteiger partial charge in [-0.15, -0.1) is 0 Å². The number of aliphatic imine (C=N–C) groups is 1. The number of hydrogen-bond acceptors (Lipinski definition) is 11. The highest BCUT2D eigenvalue weighted by Gasteiger charge is 2.76. The van der Waals surface area contributed by atoms with E-state index >= 15 is 0 Å². The number of hydrogen-bond donors (Lipinski definition) is 7. The molecule has 3 fully saturated rings. The van der Waals surface area contributed by atoms with Crippen LogP contribution in [0.3, 0.4) is 0 Å². The van der Waals surface area contributed by atoms with Gasteiger partial charge in [-0.25, -0.2) is 15.1 Å². The fourth-order valence-corrected chi connectivity index (χ4v) is 7.87. The largest absolute Gasteiger partial charge is 0.492 e. The van der Waals surface area contributed by atoms with E-state index in [0.717, 1.165) is 29.7 Å². The van der Waals surface area contributed by atoms with Gasteiger partial charge < -0.3 is 26.0 Å². The van der Waals surface area contributed by atoms with E-state index in [2.05, 4.69) is 20.6 Å². The second-order valence-corrected chi connectivity index (χ2v) is 12.7. The summed E-state index contributed by atoms with van der Waals surface area (Å²) in [6, 6.07) is 10.6. The van der Waals surface area contributed by atoms with Crippen molar-refractivity contribution in [3.63, 3.8) is 0 Å². The van der Waals surface area contributed by atoms with Crippen LogP contribution in [0.15, 0.2) is 53.5 Å². The van der Waals surface area contributed by atoms with Crippen LogP contribution in [0, 0.1) is 0 Å². The number of ether oxygens (including phenoxy) is 1. The molecule has 2 spiro atoms. The number of anilines is 1. The van der Waals surface area contributed by atoms with Crippen molar-refractivity contribution in [2.45, 2.75) is 54.3 Å². The molecular weight excluding hydrogens is 582 g/mol. The number of aliphatic hydroxyl groups is 2. The van der Waals surface area contributed by atoms with Crippen LogP contribution in [-0.4, -0.2) is 106 Å². The molecule has 1 saturated carbocycles. The van der Waals surface area contributed by atoms with Crippen LogP contribution in [0.2, 0.25) is 0 Å². The number of guanidine groups is 2. The van der Waals surface area contributed by atoms with Crippen molar-refractivity contribution in [1.29, 1.82) is 0 Å². The SMILES string of the molecule is NC1=N[C@@H](CN2C(=O)CN(c3ccccc3)C2=O)[C@@H]2[NH+]=C(N)N[C@]23N1CC(NC(=O)c1cccc2c1OCC21CCC1)C3(O)O. The number of carbonyl (C=O) groups excluding carboxylic acids is 3. The number of amides is 4. The highest BCUT2D eigenvalue weighted by molar-refractivity contribution is 6.12. The van der Waals surface area contributed by atoms with Gasteiger partial charge in [0.25, 0.3) is 17.5 Å². The topological polar surface area (TPSA) is 213 Å². The molecule has 4 atom stereocenters. The van der Waals surface area contributed by atoms with Crippen LogP contribution >= 0.6 is 0 Å². The van der Waals surface area contributed by atoms with Gasteiger partial charge in [0.2, 0.25) is 5.79 Å². The van der Waals surface area contributed by atoms with Gasteiger partial charge in [0.05, 0.1) is 25.3 Å². The Balaban J connectivity index is 1.07. The Labute approximate surface area is 257 Å². The Bertz CT molecular complexity index is 1690. The van der Waals surface area contributed by atoms with Gasteiger partial charge in [0, 0.05) is 16.7 Å². The van der Waals surface area contributed by atoms with Crippen molar-refractivity contribution in [3.8, 4) is 5.75 Å². The summed E-state index contributed by atoms with van der Waals surface area (Å²) in [7, 11) is 0. The summed E-state index contributed by atoms with van der Waals surface area (Å²) >= 11 is 0. The Morgan fingerprint density at radius 1 is 1.13 bits per heavy atom. The fraction of sp³-hybridized carbons (Fsp3) is 0.433. The summed E-state index contributed by atoms with van der Waals surface area (Å²) in [6.45, 7) is 0.0418. The first-order chi connectivity index (χ1) is 21.6. The minimum atomic E-state index is -2.65. The lowest BCUT2D eigenvalue weighted by Crippen LogP contribution is -2.90. The molecule has 2 aromatic carbocycles. The maximum Gasteiger partial charge on any atom is 0.343 e. The molecule has 5 aliphatic heterocycles. The number of rotatable bonds is 5. The van der Waals surface area contributed by atoms with Crippen LogP contribution in [0.25, 0.3) is 0 Å². The first-order valence-corrected chi connectivity index (χ1v) is 15.0. The summed E-state index contributed by atoms with van der Waals surface area (Å²) in [5.41, 5.74) is 12.6. The molecule has 0 aromatic heterocycles. The van der Waals surface area contributed by atoms with E-state index < -0.39 is 47.4 Å². The summed E-state index contributed by atoms with van der Waals surface area (Å²) in [6.07, 6.45) is 3.10. The predicted molar refractivity (Wildman–Crippen MR) is 159 cm³/mol. The number of para-hydroxylation sites is 2. The summed E-state index contributed by atoms with van der Waals surface area (Å²) in [4.78, 5) is 51.5. The number of nitrogens with zero attached hydrogens (tertiary/aromatic N) is 4. The van der Waals surface area contributed by atoms with Gasteiger partial charge in [-0.3, -0.25) is 35.0 Å². The maximum atomic E-state index is 13.7. The van der Waals surface area contributed by atoms with Crippen molar-refractivity contribution in [2.75, 3.05) is 31.1 Å². The first kappa shape index (κ1) is 27.6. The summed E-state index contributed by atoms with van der Waals surface area (Å²) in [5.74, 6) is -3.15. The molecule has 45 heavy (non-hydrogen) atoms. The molecule has 9 N–H and O–H groups in total. The van der Waals surface area contributed by atoms with Crippen molar-refractivity contribution >= 4 is 35.5 Å². The zero-order valence-electron chi connectivity index (χ0n) is 24.3. The number of benzene rings is 2. The average molecular weight is 617 g/mol. The Morgan fingerprint density at radius 2 is 1.91 bits per heavy atom. The predicted octanol–water partition coefficient (Wildman–Crippen LogP) is -3.18. The standard InChI is InChI=1S/C30H33N9O6/c31-25-35-23-19(12-38-21(40)14-37(27(38)42)16-6-2-1-3-7-16)33-26(32)39-13-20(30(43,44)29(23,39)36-25)34-24(41)17-8-4-9-18-22(17)45-15-28(18)10-5-11-28/h1-4,6-9,19-20,23,43-44H,5,10-15H2,(H2,32,33)(H,34,41)(H3,31,35,36)/p+1/t19-,20?,23-,29-/m0/s1. The molecule has 1 unspecified atom stereocenters. The molecular formula is C30H34N9O6+. The molecule has 234 valence electrons. The van der Waals surface area contributed by atoms with Gasteiger partial charge >= 0.3 is 12.0 Å². The molecule has 1 aliphatic carbocycles. The number of nitrogens with two attached hydrogens (primary N) is 2.